The summed E-state index contributed by atoms with van der Waals surface area (Å²) < 4.78 is 5.81. The van der Waals surface area contributed by atoms with Crippen LogP contribution in [0.3, 0.4) is 0 Å². The number of carbonyl (C=O) groups excluding carboxylic acids is 3. The van der Waals surface area contributed by atoms with Gasteiger partial charge in [-0.25, -0.2) is 0 Å². The van der Waals surface area contributed by atoms with Gasteiger partial charge < -0.3 is 15.4 Å². The van der Waals surface area contributed by atoms with E-state index in [4.69, 9.17) is 4.74 Å². The summed E-state index contributed by atoms with van der Waals surface area (Å²) in [5.74, 6) is 0.592. The van der Waals surface area contributed by atoms with E-state index in [9.17, 15) is 14.4 Å². The van der Waals surface area contributed by atoms with Crippen molar-refractivity contribution in [2.45, 2.75) is 142 Å². The third-order valence-electron chi connectivity index (χ3n) is 9.22. The van der Waals surface area contributed by atoms with Crippen molar-refractivity contribution in [3.05, 3.63) is 51.7 Å². The molecule has 2 aromatic rings. The van der Waals surface area contributed by atoms with Crippen LogP contribution in [-0.2, 0) is 33.6 Å². The highest BCUT2D eigenvalue weighted by Crippen LogP contribution is 2.32. The van der Waals surface area contributed by atoms with Gasteiger partial charge in [0, 0.05) is 43.4 Å². The molecule has 1 unspecified atom stereocenters. The Morgan fingerprint density at radius 3 is 2.09 bits per heavy atom. The Hall–Kier alpha value is -2.71. The van der Waals surface area contributed by atoms with Gasteiger partial charge in [0.05, 0.1) is 6.42 Å². The first-order valence-electron chi connectivity index (χ1n) is 18.6. The van der Waals surface area contributed by atoms with E-state index in [1.165, 1.54) is 60.9 Å². The van der Waals surface area contributed by atoms with Crippen LogP contribution >= 0.6 is 11.3 Å². The SMILES string of the molecule is CCCN(CCc1cccs1)C1CCc2c(cccc2OC(=O)CCNC(=O)CCCCCCCCCCCCCC(=O)NCC)C1. The molecule has 1 heterocycles. The lowest BCUT2D eigenvalue weighted by molar-refractivity contribution is -0.134. The van der Waals surface area contributed by atoms with Crippen molar-refractivity contribution in [1.29, 1.82) is 0 Å². The summed E-state index contributed by atoms with van der Waals surface area (Å²) >= 11 is 1.84. The number of esters is 1. The van der Waals surface area contributed by atoms with E-state index in [1.807, 2.05) is 30.4 Å². The molecular formula is C39H61N3O4S. The average Bonchev–Trinajstić information content (AvgIpc) is 3.59. The molecule has 47 heavy (non-hydrogen) atoms. The van der Waals surface area contributed by atoms with Crippen LogP contribution in [0.25, 0.3) is 0 Å². The molecule has 0 spiro atoms. The molecule has 1 aliphatic carbocycles. The van der Waals surface area contributed by atoms with Crippen LogP contribution in [0.15, 0.2) is 35.7 Å². The Kier molecular flexibility index (Phi) is 19.4. The minimum absolute atomic E-state index is 0.0174. The van der Waals surface area contributed by atoms with Crippen LogP contribution in [0, 0.1) is 0 Å². The lowest BCUT2D eigenvalue weighted by atomic mass is 9.86. The lowest BCUT2D eigenvalue weighted by Gasteiger charge is -2.35. The molecule has 0 aliphatic heterocycles. The number of hydrogen-bond acceptors (Lipinski definition) is 6. The number of hydrogen-bond donors (Lipinski definition) is 2. The summed E-state index contributed by atoms with van der Waals surface area (Å²) in [5, 5.41) is 7.91. The maximum absolute atomic E-state index is 12.7. The summed E-state index contributed by atoms with van der Waals surface area (Å²) in [6.45, 7) is 7.44. The molecule has 1 aliphatic rings. The number of amides is 2. The van der Waals surface area contributed by atoms with Crippen LogP contribution in [0.4, 0.5) is 0 Å². The molecule has 7 nitrogen and oxygen atoms in total. The number of nitrogens with zero attached hydrogens (tertiary/aromatic N) is 1. The number of benzene rings is 1. The molecule has 0 fully saturated rings. The predicted octanol–water partition coefficient (Wildman–Crippen LogP) is 8.18. The van der Waals surface area contributed by atoms with Crippen LogP contribution < -0.4 is 15.4 Å². The second-order valence-corrected chi connectivity index (χ2v) is 14.1. The van der Waals surface area contributed by atoms with Crippen LogP contribution in [-0.4, -0.2) is 54.9 Å². The molecule has 1 aromatic carbocycles. The highest BCUT2D eigenvalue weighted by molar-refractivity contribution is 7.09. The monoisotopic (exact) mass is 667 g/mol. The largest absolute Gasteiger partial charge is 0.426 e. The van der Waals surface area contributed by atoms with Crippen LogP contribution in [0.5, 0.6) is 5.75 Å². The third kappa shape index (κ3) is 15.8. The van der Waals surface area contributed by atoms with Gasteiger partial charge in [0.1, 0.15) is 5.75 Å². The molecule has 8 heteroatoms. The summed E-state index contributed by atoms with van der Waals surface area (Å²) in [6, 6.07) is 11.0. The highest BCUT2D eigenvalue weighted by Gasteiger charge is 2.26. The smallest absolute Gasteiger partial charge is 0.312 e. The van der Waals surface area contributed by atoms with Crippen molar-refractivity contribution < 1.29 is 19.1 Å². The van der Waals surface area contributed by atoms with Crippen molar-refractivity contribution in [2.24, 2.45) is 0 Å². The van der Waals surface area contributed by atoms with Gasteiger partial charge in [0.15, 0.2) is 0 Å². The topological polar surface area (TPSA) is 87.7 Å². The summed E-state index contributed by atoms with van der Waals surface area (Å²) in [4.78, 5) is 40.5. The van der Waals surface area contributed by atoms with Crippen molar-refractivity contribution in [1.82, 2.24) is 15.5 Å². The molecule has 3 rings (SSSR count). The quantitative estimate of drug-likeness (QED) is 0.0634. The first-order valence-corrected chi connectivity index (χ1v) is 19.5. The maximum Gasteiger partial charge on any atom is 0.312 e. The van der Waals surface area contributed by atoms with E-state index in [-0.39, 0.29) is 24.2 Å². The molecule has 262 valence electrons. The second kappa shape index (κ2) is 23.6. The van der Waals surface area contributed by atoms with Crippen molar-refractivity contribution in [3.8, 4) is 5.75 Å². The molecule has 0 saturated carbocycles. The van der Waals surface area contributed by atoms with E-state index < -0.39 is 0 Å². The predicted molar refractivity (Wildman–Crippen MR) is 194 cm³/mol. The highest BCUT2D eigenvalue weighted by atomic mass is 32.1. The third-order valence-corrected chi connectivity index (χ3v) is 10.2. The zero-order valence-electron chi connectivity index (χ0n) is 29.3. The Morgan fingerprint density at radius 1 is 0.809 bits per heavy atom. The fourth-order valence-electron chi connectivity index (χ4n) is 6.65. The van der Waals surface area contributed by atoms with Gasteiger partial charge in [-0.1, -0.05) is 82.9 Å². The number of rotatable bonds is 25. The van der Waals surface area contributed by atoms with Crippen molar-refractivity contribution in [2.75, 3.05) is 26.2 Å². The fourth-order valence-corrected chi connectivity index (χ4v) is 7.34. The number of unbranched alkanes of at least 4 members (excludes halogenated alkanes) is 10. The van der Waals surface area contributed by atoms with E-state index in [0.717, 1.165) is 77.4 Å². The molecule has 2 N–H and O–H groups in total. The van der Waals surface area contributed by atoms with E-state index in [1.54, 1.807) is 0 Å². The molecule has 2 amide bonds. The van der Waals surface area contributed by atoms with Crippen LogP contribution in [0.2, 0.25) is 0 Å². The van der Waals surface area contributed by atoms with Gasteiger partial charge in [0.2, 0.25) is 11.8 Å². The van der Waals surface area contributed by atoms with Gasteiger partial charge in [-0.05, 0) is 87.1 Å². The van der Waals surface area contributed by atoms with E-state index in [2.05, 4.69) is 46.0 Å². The number of thiophene rings is 1. The molecule has 0 saturated heterocycles. The zero-order chi connectivity index (χ0) is 33.5. The minimum Gasteiger partial charge on any atom is -0.426 e. The van der Waals surface area contributed by atoms with Gasteiger partial charge >= 0.3 is 5.97 Å². The minimum atomic E-state index is -0.288. The number of nitrogens with one attached hydrogen (secondary N) is 2. The maximum atomic E-state index is 12.7. The van der Waals surface area contributed by atoms with Crippen molar-refractivity contribution in [3.63, 3.8) is 0 Å². The Balaban J connectivity index is 1.22. The Morgan fingerprint density at radius 2 is 1.47 bits per heavy atom. The molecule has 0 radical (unpaired) electrons. The van der Waals surface area contributed by atoms with Gasteiger partial charge in [0.25, 0.3) is 0 Å². The lowest BCUT2D eigenvalue weighted by Crippen LogP contribution is -2.41. The molecule has 1 atom stereocenters. The molecular weight excluding hydrogens is 607 g/mol. The Labute approximate surface area is 288 Å². The second-order valence-electron chi connectivity index (χ2n) is 13.1. The number of carbonyl (C=O) groups is 3. The summed E-state index contributed by atoms with van der Waals surface area (Å²) in [6.07, 6.45) is 19.3. The standard InChI is InChI=1S/C39H61N3O4S/c1-3-28-42(29-26-34-19-17-30-47-34)33-23-24-35-32(31-33)18-16-20-36(35)46-39(45)25-27-41-38(44)22-15-13-11-9-7-5-6-8-10-12-14-21-37(43)40-4-2/h16-20,30,33H,3-15,21-29,31H2,1-2H3,(H,40,43)(H,41,44). The first kappa shape index (κ1) is 38.7. The number of fused-ring (bicyclic) bond motifs is 1. The van der Waals surface area contributed by atoms with E-state index in [0.29, 0.717) is 31.2 Å². The zero-order valence-corrected chi connectivity index (χ0v) is 30.1. The van der Waals surface area contributed by atoms with E-state index >= 15 is 0 Å². The van der Waals surface area contributed by atoms with Crippen molar-refractivity contribution >= 4 is 29.1 Å². The number of ether oxygens (including phenoxy) is 1. The summed E-state index contributed by atoms with van der Waals surface area (Å²) in [5.41, 5.74) is 2.46. The van der Waals surface area contributed by atoms with Crippen LogP contribution in [0.1, 0.15) is 133 Å². The molecule has 0 bridgehead atoms. The van der Waals surface area contributed by atoms with Gasteiger partial charge in [-0.3, -0.25) is 19.3 Å². The fraction of sp³-hybridized carbons (Fsp3) is 0.667. The van der Waals surface area contributed by atoms with Gasteiger partial charge in [-0.2, -0.15) is 0 Å². The average molecular weight is 668 g/mol. The Bertz CT molecular complexity index is 1170. The molecule has 1 aromatic heterocycles. The van der Waals surface area contributed by atoms with Gasteiger partial charge in [-0.15, -0.1) is 11.3 Å². The normalized spacial score (nSPS) is 14.1. The summed E-state index contributed by atoms with van der Waals surface area (Å²) in [7, 11) is 0. The first-order chi connectivity index (χ1) is 23.0.